The van der Waals surface area contributed by atoms with Crippen LogP contribution in [0.4, 0.5) is 0 Å². The van der Waals surface area contributed by atoms with Gasteiger partial charge in [-0.05, 0) is 49.3 Å². The van der Waals surface area contributed by atoms with Crippen LogP contribution in [0.2, 0.25) is 0 Å². The largest absolute Gasteiger partial charge is 0.512 e. The normalized spacial score (nSPS) is 20.1. The number of Topliss-reactive ketones (excluding diaryl/α,β-unsaturated/α-hetero) is 1. The molecular weight excluding hydrogens is 402 g/mol. The molecule has 0 aliphatic carbocycles. The third-order valence-corrected chi connectivity index (χ3v) is 5.91. The van der Waals surface area contributed by atoms with Crippen LogP contribution in [0, 0.1) is 5.92 Å². The number of aryl methyl sites for hydroxylation is 1. The quantitative estimate of drug-likeness (QED) is 0.328. The van der Waals surface area contributed by atoms with Gasteiger partial charge in [0.1, 0.15) is 5.76 Å². The average Bonchev–Trinajstić information content (AvgIpc) is 3.03. The molecule has 2 aromatic carbocycles. The molecule has 0 aromatic heterocycles. The Bertz CT molecular complexity index is 937. The van der Waals surface area contributed by atoms with E-state index in [1.165, 1.54) is 10.5 Å². The summed E-state index contributed by atoms with van der Waals surface area (Å²) in [6, 6.07) is 18.1. The van der Waals surface area contributed by atoms with E-state index in [2.05, 4.69) is 12.1 Å². The molecule has 1 fully saturated rings. The van der Waals surface area contributed by atoms with E-state index in [4.69, 9.17) is 0 Å². The van der Waals surface area contributed by atoms with E-state index in [9.17, 15) is 19.8 Å². The number of benzene rings is 2. The zero-order valence-corrected chi connectivity index (χ0v) is 18.9. The number of amides is 1. The fourth-order valence-electron chi connectivity index (χ4n) is 4.26. The van der Waals surface area contributed by atoms with Gasteiger partial charge in [-0.15, -0.1) is 0 Å². The second-order valence-electron chi connectivity index (χ2n) is 8.87. The first-order valence-corrected chi connectivity index (χ1v) is 11.5. The molecule has 0 spiro atoms. The summed E-state index contributed by atoms with van der Waals surface area (Å²) in [4.78, 5) is 27.5. The highest BCUT2D eigenvalue weighted by Gasteiger charge is 2.47. The van der Waals surface area contributed by atoms with Gasteiger partial charge in [-0.1, -0.05) is 68.8 Å². The Balaban J connectivity index is 1.69. The van der Waals surface area contributed by atoms with Gasteiger partial charge in [0.15, 0.2) is 12.0 Å². The molecule has 5 nitrogen and oxygen atoms in total. The predicted octanol–water partition coefficient (Wildman–Crippen LogP) is 5.06. The SMILES string of the molecule is CC(C)CC1C(=O)/C(=C(/O)CCCCCc2ccccc2)C(O)N1C(=O)c1ccccc1. The van der Waals surface area contributed by atoms with Crippen molar-refractivity contribution in [1.82, 2.24) is 4.90 Å². The lowest BCUT2D eigenvalue weighted by Gasteiger charge is -2.27. The molecule has 5 heteroatoms. The third kappa shape index (κ3) is 5.65. The minimum Gasteiger partial charge on any atom is -0.512 e. The number of hydrogen-bond donors (Lipinski definition) is 2. The summed E-state index contributed by atoms with van der Waals surface area (Å²) in [6.45, 7) is 3.94. The molecule has 0 radical (unpaired) electrons. The molecule has 2 atom stereocenters. The number of rotatable bonds is 9. The molecule has 1 saturated heterocycles. The Hall–Kier alpha value is -2.92. The first kappa shape index (κ1) is 23.7. The van der Waals surface area contributed by atoms with Gasteiger partial charge in [0.2, 0.25) is 0 Å². The van der Waals surface area contributed by atoms with Crippen molar-refractivity contribution in [2.75, 3.05) is 0 Å². The standard InChI is InChI=1S/C27H33NO4/c1-19(2)18-22-25(30)24(27(32)28(22)26(31)21-15-9-5-10-16-21)23(29)17-11-4-8-14-20-12-6-3-7-13-20/h3,5-7,9-10,12-13,15-16,19,22,27,29,32H,4,8,11,14,17-18H2,1-2H3/b24-23-. The number of ketones is 1. The summed E-state index contributed by atoms with van der Waals surface area (Å²) in [5.74, 6) is -0.693. The number of likely N-dealkylation sites (tertiary alicyclic amines) is 1. The first-order chi connectivity index (χ1) is 15.4. The van der Waals surface area contributed by atoms with Crippen molar-refractivity contribution in [3.8, 4) is 0 Å². The Morgan fingerprint density at radius 1 is 0.969 bits per heavy atom. The van der Waals surface area contributed by atoms with Gasteiger partial charge >= 0.3 is 0 Å². The maximum Gasteiger partial charge on any atom is 0.256 e. The smallest absolute Gasteiger partial charge is 0.256 e. The number of allylic oxidation sites excluding steroid dienone is 1. The topological polar surface area (TPSA) is 77.8 Å². The summed E-state index contributed by atoms with van der Waals surface area (Å²) in [5.41, 5.74) is 1.67. The van der Waals surface area contributed by atoms with Crippen molar-refractivity contribution in [1.29, 1.82) is 0 Å². The Labute approximate surface area is 190 Å². The van der Waals surface area contributed by atoms with Crippen LogP contribution in [-0.2, 0) is 11.2 Å². The molecule has 170 valence electrons. The van der Waals surface area contributed by atoms with Crippen LogP contribution < -0.4 is 0 Å². The predicted molar refractivity (Wildman–Crippen MR) is 125 cm³/mol. The van der Waals surface area contributed by atoms with Gasteiger partial charge in [0, 0.05) is 12.0 Å². The van der Waals surface area contributed by atoms with Crippen LogP contribution in [0.15, 0.2) is 72.0 Å². The molecule has 3 rings (SSSR count). The molecule has 1 heterocycles. The van der Waals surface area contributed by atoms with Gasteiger partial charge in [-0.2, -0.15) is 0 Å². The molecule has 2 aromatic rings. The zero-order chi connectivity index (χ0) is 23.1. The average molecular weight is 436 g/mol. The number of aliphatic hydroxyl groups excluding tert-OH is 2. The van der Waals surface area contributed by atoms with E-state index < -0.39 is 18.2 Å². The highest BCUT2D eigenvalue weighted by molar-refractivity contribution is 6.08. The van der Waals surface area contributed by atoms with Gasteiger partial charge in [-0.25, -0.2) is 0 Å². The molecule has 1 amide bonds. The number of nitrogens with zero attached hydrogens (tertiary/aromatic N) is 1. The van der Waals surface area contributed by atoms with Gasteiger partial charge in [0.05, 0.1) is 11.6 Å². The van der Waals surface area contributed by atoms with Gasteiger partial charge in [-0.3, -0.25) is 14.5 Å². The Kier molecular flexibility index (Phi) is 8.23. The van der Waals surface area contributed by atoms with E-state index in [0.717, 1.165) is 19.3 Å². The number of hydrogen-bond acceptors (Lipinski definition) is 4. The Morgan fingerprint density at radius 3 is 2.22 bits per heavy atom. The number of carbonyl (C=O) groups is 2. The van der Waals surface area contributed by atoms with Crippen LogP contribution in [0.3, 0.4) is 0 Å². The van der Waals surface area contributed by atoms with E-state index in [0.29, 0.717) is 24.8 Å². The number of aliphatic hydroxyl groups is 2. The lowest BCUT2D eigenvalue weighted by atomic mass is 9.97. The van der Waals surface area contributed by atoms with Crippen molar-refractivity contribution in [3.05, 3.63) is 83.1 Å². The van der Waals surface area contributed by atoms with E-state index in [1.54, 1.807) is 24.3 Å². The van der Waals surface area contributed by atoms with Crippen LogP contribution in [0.25, 0.3) is 0 Å². The van der Waals surface area contributed by atoms with Crippen molar-refractivity contribution >= 4 is 11.7 Å². The van der Waals surface area contributed by atoms with Crippen molar-refractivity contribution in [2.24, 2.45) is 5.92 Å². The second-order valence-corrected chi connectivity index (χ2v) is 8.87. The van der Waals surface area contributed by atoms with Crippen molar-refractivity contribution < 1.29 is 19.8 Å². The Morgan fingerprint density at radius 2 is 1.59 bits per heavy atom. The van der Waals surface area contributed by atoms with E-state index in [1.807, 2.05) is 38.1 Å². The van der Waals surface area contributed by atoms with Gasteiger partial charge in [0.25, 0.3) is 5.91 Å². The highest BCUT2D eigenvalue weighted by atomic mass is 16.3. The van der Waals surface area contributed by atoms with Gasteiger partial charge < -0.3 is 10.2 Å². The van der Waals surface area contributed by atoms with E-state index >= 15 is 0 Å². The summed E-state index contributed by atoms with van der Waals surface area (Å²) in [6.07, 6.45) is 2.88. The maximum absolute atomic E-state index is 13.1. The second kappa shape index (κ2) is 11.1. The molecule has 0 saturated carbocycles. The molecule has 1 aliphatic heterocycles. The summed E-state index contributed by atoms with van der Waals surface area (Å²) < 4.78 is 0. The molecule has 0 bridgehead atoms. The number of carbonyl (C=O) groups excluding carboxylic acids is 2. The number of unbranched alkanes of at least 4 members (excludes halogenated alkanes) is 2. The van der Waals surface area contributed by atoms with Crippen molar-refractivity contribution in [2.45, 2.75) is 64.6 Å². The molecule has 1 aliphatic rings. The van der Waals surface area contributed by atoms with Crippen molar-refractivity contribution in [3.63, 3.8) is 0 Å². The molecule has 2 unspecified atom stereocenters. The third-order valence-electron chi connectivity index (χ3n) is 5.91. The highest BCUT2D eigenvalue weighted by Crippen LogP contribution is 2.33. The molecular formula is C27H33NO4. The fraction of sp³-hybridized carbons (Fsp3) is 0.407. The fourth-order valence-corrected chi connectivity index (χ4v) is 4.26. The monoisotopic (exact) mass is 435 g/mol. The van der Waals surface area contributed by atoms with E-state index in [-0.39, 0.29) is 23.0 Å². The zero-order valence-electron chi connectivity index (χ0n) is 18.9. The summed E-state index contributed by atoms with van der Waals surface area (Å²) in [7, 11) is 0. The molecule has 2 N–H and O–H groups in total. The molecule has 32 heavy (non-hydrogen) atoms. The van der Waals surface area contributed by atoms with Crippen LogP contribution in [0.1, 0.15) is 61.9 Å². The van der Waals surface area contributed by atoms with Crippen LogP contribution in [-0.4, -0.2) is 39.1 Å². The maximum atomic E-state index is 13.1. The minimum absolute atomic E-state index is 0.0250. The summed E-state index contributed by atoms with van der Waals surface area (Å²) >= 11 is 0. The van der Waals surface area contributed by atoms with Crippen LogP contribution >= 0.6 is 0 Å². The minimum atomic E-state index is -1.43. The lowest BCUT2D eigenvalue weighted by Crippen LogP contribution is -2.43. The summed E-state index contributed by atoms with van der Waals surface area (Å²) in [5, 5.41) is 21.6. The van der Waals surface area contributed by atoms with Crippen LogP contribution in [0.5, 0.6) is 0 Å². The first-order valence-electron chi connectivity index (χ1n) is 11.5. The lowest BCUT2D eigenvalue weighted by molar-refractivity contribution is -0.117.